The number of aliphatic hydroxyl groups is 1. The molecule has 3 rings (SSSR count). The first-order valence-corrected chi connectivity index (χ1v) is 8.85. The van der Waals surface area contributed by atoms with E-state index in [1.807, 2.05) is 31.2 Å². The molecule has 1 saturated heterocycles. The highest BCUT2D eigenvalue weighted by atomic mass is 19.1. The van der Waals surface area contributed by atoms with E-state index in [1.165, 1.54) is 6.20 Å². The Morgan fingerprint density at radius 2 is 1.96 bits per heavy atom. The number of halogens is 1. The first-order valence-electron chi connectivity index (χ1n) is 8.85. The predicted octanol–water partition coefficient (Wildman–Crippen LogP) is 2.67. The van der Waals surface area contributed by atoms with Crippen LogP contribution in [0.15, 0.2) is 42.6 Å². The summed E-state index contributed by atoms with van der Waals surface area (Å²) in [6.07, 6.45) is 2.25. The highest BCUT2D eigenvalue weighted by Crippen LogP contribution is 2.33. The number of carbonyl (C=O) groups excluding carboxylic acids is 1. The Kier molecular flexibility index (Phi) is 5.52. The molecule has 0 aliphatic carbocycles. The molecule has 0 unspecified atom stereocenters. The van der Waals surface area contributed by atoms with Crippen LogP contribution in [-0.2, 0) is 16.8 Å². The van der Waals surface area contributed by atoms with Crippen molar-refractivity contribution in [2.45, 2.75) is 31.8 Å². The molecule has 2 heterocycles. The molecule has 138 valence electrons. The van der Waals surface area contributed by atoms with E-state index in [9.17, 15) is 14.3 Å². The van der Waals surface area contributed by atoms with E-state index >= 15 is 0 Å². The van der Waals surface area contributed by atoms with Crippen LogP contribution in [0.3, 0.4) is 0 Å². The molecule has 5 nitrogen and oxygen atoms in total. The number of benzene rings is 1. The van der Waals surface area contributed by atoms with Crippen molar-refractivity contribution in [3.63, 3.8) is 0 Å². The molecule has 1 aliphatic heterocycles. The lowest BCUT2D eigenvalue weighted by Crippen LogP contribution is -2.46. The molecule has 1 aromatic heterocycles. The van der Waals surface area contributed by atoms with Gasteiger partial charge in [-0.1, -0.05) is 18.2 Å². The van der Waals surface area contributed by atoms with Crippen molar-refractivity contribution >= 4 is 5.91 Å². The van der Waals surface area contributed by atoms with Gasteiger partial charge in [0.25, 0.3) is 0 Å². The van der Waals surface area contributed by atoms with Gasteiger partial charge in [0.1, 0.15) is 5.75 Å². The van der Waals surface area contributed by atoms with E-state index in [0.29, 0.717) is 39.0 Å². The number of piperidine rings is 1. The Balaban J connectivity index is 1.59. The van der Waals surface area contributed by atoms with Crippen molar-refractivity contribution in [1.82, 2.24) is 9.88 Å². The van der Waals surface area contributed by atoms with Crippen LogP contribution in [0.2, 0.25) is 0 Å². The minimum atomic E-state index is -1.27. The quantitative estimate of drug-likeness (QED) is 0.835. The molecule has 0 atom stereocenters. The first kappa shape index (κ1) is 18.3. The van der Waals surface area contributed by atoms with Gasteiger partial charge in [0.2, 0.25) is 11.9 Å². The van der Waals surface area contributed by atoms with Crippen LogP contribution in [0, 0.1) is 5.95 Å². The Morgan fingerprint density at radius 3 is 2.58 bits per heavy atom. The number of rotatable bonds is 5. The van der Waals surface area contributed by atoms with Crippen molar-refractivity contribution < 1.29 is 19.0 Å². The van der Waals surface area contributed by atoms with E-state index in [-0.39, 0.29) is 11.5 Å². The number of pyridine rings is 1. The second-order valence-electron chi connectivity index (χ2n) is 6.51. The lowest BCUT2D eigenvalue weighted by molar-refractivity contribution is -0.135. The largest absolute Gasteiger partial charge is 0.494 e. The SMILES string of the molecule is CCOc1ccc(CC(=O)N2CCC(O)(c3cccnc3F)CC2)cc1. The molecule has 6 heteroatoms. The van der Waals surface area contributed by atoms with Gasteiger partial charge in [-0.3, -0.25) is 4.79 Å². The van der Waals surface area contributed by atoms with Crippen LogP contribution in [0.1, 0.15) is 30.9 Å². The monoisotopic (exact) mass is 358 g/mol. The van der Waals surface area contributed by atoms with Crippen LogP contribution >= 0.6 is 0 Å². The van der Waals surface area contributed by atoms with Gasteiger partial charge in [-0.25, -0.2) is 4.98 Å². The Hall–Kier alpha value is -2.47. The molecule has 1 aliphatic rings. The Bertz CT molecular complexity index is 756. The van der Waals surface area contributed by atoms with Crippen LogP contribution in [0.4, 0.5) is 4.39 Å². The third-order valence-corrected chi connectivity index (χ3v) is 4.79. The fourth-order valence-electron chi connectivity index (χ4n) is 3.29. The lowest BCUT2D eigenvalue weighted by Gasteiger charge is -2.38. The van der Waals surface area contributed by atoms with E-state index in [0.717, 1.165) is 11.3 Å². The summed E-state index contributed by atoms with van der Waals surface area (Å²) in [6, 6.07) is 10.6. The predicted molar refractivity (Wildman–Crippen MR) is 95.2 cm³/mol. The average Bonchev–Trinajstić information content (AvgIpc) is 2.64. The normalized spacial score (nSPS) is 16.3. The summed E-state index contributed by atoms with van der Waals surface area (Å²) in [7, 11) is 0. The lowest BCUT2D eigenvalue weighted by atomic mass is 9.85. The van der Waals surface area contributed by atoms with Crippen molar-refractivity contribution in [3.8, 4) is 5.75 Å². The van der Waals surface area contributed by atoms with Crippen molar-refractivity contribution in [1.29, 1.82) is 0 Å². The van der Waals surface area contributed by atoms with Crippen molar-refractivity contribution in [2.24, 2.45) is 0 Å². The number of carbonyl (C=O) groups is 1. The van der Waals surface area contributed by atoms with Gasteiger partial charge < -0.3 is 14.7 Å². The number of ether oxygens (including phenoxy) is 1. The first-order chi connectivity index (χ1) is 12.5. The summed E-state index contributed by atoms with van der Waals surface area (Å²) < 4.78 is 19.3. The molecular weight excluding hydrogens is 335 g/mol. The molecule has 0 spiro atoms. The summed E-state index contributed by atoms with van der Waals surface area (Å²) in [5.74, 6) is 0.136. The van der Waals surface area contributed by atoms with Gasteiger partial charge in [-0.05, 0) is 43.5 Å². The van der Waals surface area contributed by atoms with Gasteiger partial charge in [0.05, 0.1) is 18.6 Å². The molecule has 2 aromatic rings. The zero-order valence-electron chi connectivity index (χ0n) is 14.8. The number of likely N-dealkylation sites (tertiary alicyclic amines) is 1. The van der Waals surface area contributed by atoms with Gasteiger partial charge in [-0.15, -0.1) is 0 Å². The maximum Gasteiger partial charge on any atom is 0.226 e. The Morgan fingerprint density at radius 1 is 1.27 bits per heavy atom. The fraction of sp³-hybridized carbons (Fsp3) is 0.400. The van der Waals surface area contributed by atoms with Crippen molar-refractivity contribution in [2.75, 3.05) is 19.7 Å². The molecular formula is C20H23FN2O3. The summed E-state index contributed by atoms with van der Waals surface area (Å²) in [6.45, 7) is 3.31. The van der Waals surface area contributed by atoms with E-state index in [4.69, 9.17) is 4.74 Å². The summed E-state index contributed by atoms with van der Waals surface area (Å²) in [4.78, 5) is 17.9. The van der Waals surface area contributed by atoms with E-state index in [1.54, 1.807) is 17.0 Å². The number of amides is 1. The highest BCUT2D eigenvalue weighted by Gasteiger charge is 2.37. The zero-order valence-corrected chi connectivity index (χ0v) is 14.8. The van der Waals surface area contributed by atoms with Crippen LogP contribution in [-0.4, -0.2) is 40.6 Å². The van der Waals surface area contributed by atoms with Gasteiger partial charge in [0, 0.05) is 24.8 Å². The molecule has 0 radical (unpaired) electrons. The highest BCUT2D eigenvalue weighted by molar-refractivity contribution is 5.79. The van der Waals surface area contributed by atoms with Crippen LogP contribution < -0.4 is 4.74 Å². The molecule has 0 bridgehead atoms. The second-order valence-corrected chi connectivity index (χ2v) is 6.51. The van der Waals surface area contributed by atoms with E-state index in [2.05, 4.69) is 4.98 Å². The number of nitrogens with zero attached hydrogens (tertiary/aromatic N) is 2. The third kappa shape index (κ3) is 4.02. The molecule has 1 N–H and O–H groups in total. The molecule has 1 fully saturated rings. The average molecular weight is 358 g/mol. The standard InChI is InChI=1S/C20H23FN2O3/c1-2-26-16-7-5-15(6-8-16)14-18(24)23-12-9-20(25,10-13-23)17-4-3-11-22-19(17)21/h3-8,11,25H,2,9-10,12-14H2,1H3. The molecule has 26 heavy (non-hydrogen) atoms. The molecule has 1 amide bonds. The fourth-order valence-corrected chi connectivity index (χ4v) is 3.29. The number of hydrogen-bond donors (Lipinski definition) is 1. The minimum Gasteiger partial charge on any atom is -0.494 e. The van der Waals surface area contributed by atoms with Gasteiger partial charge in [-0.2, -0.15) is 4.39 Å². The molecule has 1 aromatic carbocycles. The zero-order chi connectivity index (χ0) is 18.6. The van der Waals surface area contributed by atoms with Crippen molar-refractivity contribution in [3.05, 3.63) is 59.7 Å². The topological polar surface area (TPSA) is 62.7 Å². The minimum absolute atomic E-state index is 0.00266. The van der Waals surface area contributed by atoms with Gasteiger partial charge >= 0.3 is 0 Å². The van der Waals surface area contributed by atoms with Crippen LogP contribution in [0.25, 0.3) is 0 Å². The maximum absolute atomic E-state index is 13.9. The smallest absolute Gasteiger partial charge is 0.226 e. The number of hydrogen-bond acceptors (Lipinski definition) is 4. The maximum atomic E-state index is 13.9. The summed E-state index contributed by atoms with van der Waals surface area (Å²) in [5.41, 5.74) is -0.148. The Labute approximate surface area is 152 Å². The third-order valence-electron chi connectivity index (χ3n) is 4.79. The van der Waals surface area contributed by atoms with Crippen LogP contribution in [0.5, 0.6) is 5.75 Å². The number of aromatic nitrogens is 1. The van der Waals surface area contributed by atoms with E-state index < -0.39 is 11.5 Å². The van der Waals surface area contributed by atoms with Gasteiger partial charge in [0.15, 0.2) is 0 Å². The second kappa shape index (κ2) is 7.83. The summed E-state index contributed by atoms with van der Waals surface area (Å²) >= 11 is 0. The molecule has 0 saturated carbocycles. The summed E-state index contributed by atoms with van der Waals surface area (Å²) in [5, 5.41) is 10.8.